The molecule has 1 aromatic heterocycles. The van der Waals surface area contributed by atoms with Gasteiger partial charge in [0.15, 0.2) is 0 Å². The van der Waals surface area contributed by atoms with Crippen LogP contribution in [0.2, 0.25) is 0 Å². The highest BCUT2D eigenvalue weighted by molar-refractivity contribution is 5.93. The number of carbonyl (C=O) groups is 1. The summed E-state index contributed by atoms with van der Waals surface area (Å²) in [7, 11) is 0. The molecule has 0 spiro atoms. The number of carbonyl (C=O) groups excluding carboxylic acids is 1. The summed E-state index contributed by atoms with van der Waals surface area (Å²) in [5.74, 6) is -0.316. The van der Waals surface area contributed by atoms with Crippen LogP contribution in [0.25, 0.3) is 16.7 Å². The van der Waals surface area contributed by atoms with Crippen molar-refractivity contribution in [1.29, 1.82) is 0 Å². The molecule has 0 atom stereocenters. The first kappa shape index (κ1) is 12.4. The first-order valence-corrected chi connectivity index (χ1v) is 6.49. The monoisotopic (exact) mass is 266 g/mol. The molecular formula is C16H14N2O2. The molecule has 0 radical (unpaired) electrons. The Kier molecular flexibility index (Phi) is 3.21. The summed E-state index contributed by atoms with van der Waals surface area (Å²) in [6.45, 7) is 2.16. The molecule has 0 saturated carbocycles. The molecule has 3 rings (SSSR count). The Balaban J connectivity index is 2.05. The fourth-order valence-corrected chi connectivity index (χ4v) is 2.15. The summed E-state index contributed by atoms with van der Waals surface area (Å²) in [5, 5.41) is 0. The lowest BCUT2D eigenvalue weighted by Crippen LogP contribution is -2.04. The van der Waals surface area contributed by atoms with Crippen molar-refractivity contribution >= 4 is 17.0 Å². The van der Waals surface area contributed by atoms with Gasteiger partial charge in [0.1, 0.15) is 6.33 Å². The van der Waals surface area contributed by atoms with Gasteiger partial charge in [-0.15, -0.1) is 0 Å². The second-order valence-corrected chi connectivity index (χ2v) is 4.37. The van der Waals surface area contributed by atoms with Gasteiger partial charge in [0.2, 0.25) is 0 Å². The second-order valence-electron chi connectivity index (χ2n) is 4.37. The van der Waals surface area contributed by atoms with E-state index in [1.807, 2.05) is 41.0 Å². The van der Waals surface area contributed by atoms with E-state index in [1.165, 1.54) is 0 Å². The van der Waals surface area contributed by atoms with Gasteiger partial charge in [-0.3, -0.25) is 4.57 Å². The van der Waals surface area contributed by atoms with E-state index in [9.17, 15) is 4.79 Å². The van der Waals surface area contributed by atoms with Crippen molar-refractivity contribution in [3.8, 4) is 5.69 Å². The number of rotatable bonds is 3. The van der Waals surface area contributed by atoms with Gasteiger partial charge >= 0.3 is 5.97 Å². The third kappa shape index (κ3) is 2.16. The Labute approximate surface area is 116 Å². The molecular weight excluding hydrogens is 252 g/mol. The highest BCUT2D eigenvalue weighted by Crippen LogP contribution is 2.19. The maximum absolute atomic E-state index is 11.7. The van der Waals surface area contributed by atoms with Gasteiger partial charge in [0.05, 0.1) is 23.2 Å². The number of aromatic nitrogens is 2. The highest BCUT2D eigenvalue weighted by Gasteiger charge is 2.10. The van der Waals surface area contributed by atoms with Crippen molar-refractivity contribution in [3.63, 3.8) is 0 Å². The number of hydrogen-bond acceptors (Lipinski definition) is 3. The van der Waals surface area contributed by atoms with Crippen LogP contribution in [0.4, 0.5) is 0 Å². The van der Waals surface area contributed by atoms with Crippen LogP contribution in [-0.4, -0.2) is 22.1 Å². The third-order valence-corrected chi connectivity index (χ3v) is 3.09. The molecule has 0 unspecified atom stereocenters. The third-order valence-electron chi connectivity index (χ3n) is 3.09. The van der Waals surface area contributed by atoms with Crippen molar-refractivity contribution in [2.75, 3.05) is 6.61 Å². The number of esters is 1. The molecule has 4 heteroatoms. The number of benzene rings is 2. The predicted molar refractivity (Wildman–Crippen MR) is 77.0 cm³/mol. The maximum atomic E-state index is 11.7. The molecule has 0 aliphatic carbocycles. The van der Waals surface area contributed by atoms with Crippen molar-refractivity contribution in [2.24, 2.45) is 0 Å². The van der Waals surface area contributed by atoms with Crippen molar-refractivity contribution < 1.29 is 9.53 Å². The number of ether oxygens (including phenoxy) is 1. The summed E-state index contributed by atoms with van der Waals surface area (Å²) in [5.41, 5.74) is 3.31. The van der Waals surface area contributed by atoms with Gasteiger partial charge in [0.25, 0.3) is 0 Å². The zero-order valence-electron chi connectivity index (χ0n) is 11.1. The Morgan fingerprint density at radius 3 is 2.75 bits per heavy atom. The summed E-state index contributed by atoms with van der Waals surface area (Å²) in [4.78, 5) is 16.1. The Morgan fingerprint density at radius 1 is 1.20 bits per heavy atom. The zero-order chi connectivity index (χ0) is 13.9. The molecule has 100 valence electrons. The second kappa shape index (κ2) is 5.17. The largest absolute Gasteiger partial charge is 0.462 e. The maximum Gasteiger partial charge on any atom is 0.338 e. The van der Waals surface area contributed by atoms with Gasteiger partial charge in [-0.1, -0.05) is 18.2 Å². The van der Waals surface area contributed by atoms with E-state index >= 15 is 0 Å². The van der Waals surface area contributed by atoms with E-state index in [1.54, 1.807) is 25.4 Å². The van der Waals surface area contributed by atoms with E-state index < -0.39 is 0 Å². The fraction of sp³-hybridized carbons (Fsp3) is 0.125. The Hall–Kier alpha value is -2.62. The average Bonchev–Trinajstić information content (AvgIpc) is 2.91. The van der Waals surface area contributed by atoms with E-state index in [2.05, 4.69) is 4.98 Å². The summed E-state index contributed by atoms with van der Waals surface area (Å²) in [6.07, 6.45) is 1.76. The van der Waals surface area contributed by atoms with Crippen LogP contribution in [0.5, 0.6) is 0 Å². The summed E-state index contributed by atoms with van der Waals surface area (Å²) < 4.78 is 6.99. The number of imidazole rings is 1. The minimum Gasteiger partial charge on any atom is -0.462 e. The predicted octanol–water partition coefficient (Wildman–Crippen LogP) is 3.20. The van der Waals surface area contributed by atoms with Crippen LogP contribution < -0.4 is 0 Å². The van der Waals surface area contributed by atoms with Crippen LogP contribution in [0.1, 0.15) is 17.3 Å². The Morgan fingerprint density at radius 2 is 2.00 bits per heavy atom. The van der Waals surface area contributed by atoms with Crippen LogP contribution in [0.15, 0.2) is 54.9 Å². The minimum absolute atomic E-state index is 0.316. The molecule has 2 aromatic carbocycles. The SMILES string of the molecule is CCOC(=O)c1ccc2c(c1)ncn2-c1ccccc1. The van der Waals surface area contributed by atoms with Crippen molar-refractivity contribution in [3.05, 3.63) is 60.4 Å². The molecule has 20 heavy (non-hydrogen) atoms. The van der Waals surface area contributed by atoms with Gasteiger partial charge in [-0.25, -0.2) is 9.78 Å². The van der Waals surface area contributed by atoms with Crippen LogP contribution in [0.3, 0.4) is 0 Å². The number of nitrogens with zero attached hydrogens (tertiary/aromatic N) is 2. The topological polar surface area (TPSA) is 44.1 Å². The molecule has 3 aromatic rings. The molecule has 0 N–H and O–H groups in total. The van der Waals surface area contributed by atoms with Gasteiger partial charge in [-0.05, 0) is 37.3 Å². The first-order valence-electron chi connectivity index (χ1n) is 6.49. The lowest BCUT2D eigenvalue weighted by atomic mass is 10.2. The molecule has 0 amide bonds. The summed E-state index contributed by atoms with van der Waals surface area (Å²) >= 11 is 0. The van der Waals surface area contributed by atoms with E-state index in [4.69, 9.17) is 4.74 Å². The van der Waals surface area contributed by atoms with Crippen molar-refractivity contribution in [1.82, 2.24) is 9.55 Å². The standard InChI is InChI=1S/C16H14N2O2/c1-2-20-16(19)12-8-9-15-14(10-12)17-11-18(15)13-6-4-3-5-7-13/h3-11H,2H2,1H3. The van der Waals surface area contributed by atoms with Gasteiger partial charge in [-0.2, -0.15) is 0 Å². The zero-order valence-corrected chi connectivity index (χ0v) is 11.1. The van der Waals surface area contributed by atoms with E-state index in [0.717, 1.165) is 16.7 Å². The normalized spacial score (nSPS) is 10.7. The fourth-order valence-electron chi connectivity index (χ4n) is 2.15. The van der Waals surface area contributed by atoms with Gasteiger partial charge in [0, 0.05) is 5.69 Å². The smallest absolute Gasteiger partial charge is 0.338 e. The van der Waals surface area contributed by atoms with Gasteiger partial charge < -0.3 is 4.74 Å². The van der Waals surface area contributed by atoms with E-state index in [-0.39, 0.29) is 5.97 Å². The van der Waals surface area contributed by atoms with Crippen LogP contribution >= 0.6 is 0 Å². The quantitative estimate of drug-likeness (QED) is 0.684. The molecule has 0 bridgehead atoms. The van der Waals surface area contributed by atoms with Crippen LogP contribution in [0, 0.1) is 0 Å². The lowest BCUT2D eigenvalue weighted by Gasteiger charge is -2.04. The van der Waals surface area contributed by atoms with Crippen molar-refractivity contribution in [2.45, 2.75) is 6.92 Å². The molecule has 1 heterocycles. The number of hydrogen-bond donors (Lipinski definition) is 0. The molecule has 0 aliphatic rings. The number of fused-ring (bicyclic) bond motifs is 1. The Bertz CT molecular complexity index is 748. The first-order chi connectivity index (χ1) is 9.79. The molecule has 0 saturated heterocycles. The lowest BCUT2D eigenvalue weighted by molar-refractivity contribution is 0.0526. The van der Waals surface area contributed by atoms with E-state index in [0.29, 0.717) is 12.2 Å². The molecule has 0 fully saturated rings. The minimum atomic E-state index is -0.316. The summed E-state index contributed by atoms with van der Waals surface area (Å²) in [6, 6.07) is 15.4. The average molecular weight is 266 g/mol. The highest BCUT2D eigenvalue weighted by atomic mass is 16.5. The molecule has 0 aliphatic heterocycles. The van der Waals surface area contributed by atoms with Crippen LogP contribution in [-0.2, 0) is 4.74 Å². The number of para-hydroxylation sites is 1. The molecule has 4 nitrogen and oxygen atoms in total.